The van der Waals surface area contributed by atoms with Crippen molar-refractivity contribution in [2.75, 3.05) is 0 Å². The van der Waals surface area contributed by atoms with Crippen LogP contribution in [0.15, 0.2) is 48.7 Å². The van der Waals surface area contributed by atoms with Gasteiger partial charge in [-0.25, -0.2) is 14.4 Å². The Morgan fingerprint density at radius 1 is 1.17 bits per heavy atom. The number of benzene rings is 2. The number of ketones is 1. The number of fused-ring (bicyclic) bond motifs is 4. The van der Waals surface area contributed by atoms with Gasteiger partial charge in [0.05, 0.1) is 29.2 Å². The Labute approximate surface area is 202 Å². The molecule has 2 heterocycles. The Kier molecular flexibility index (Phi) is 4.82. The third kappa shape index (κ3) is 3.06. The predicted molar refractivity (Wildman–Crippen MR) is 129 cm³/mol. The number of carbonyl (C=O) groups is 1. The van der Waals surface area contributed by atoms with E-state index in [0.29, 0.717) is 12.2 Å². The lowest BCUT2D eigenvalue weighted by Crippen LogP contribution is -2.53. The average molecular weight is 466 g/mol. The zero-order valence-corrected chi connectivity index (χ0v) is 19.5. The second-order valence-electron chi connectivity index (χ2n) is 9.79. The SMILES string of the molecule is Cc1nc(-c2cccc3cn[nH]c23)c2c(n1)[C@]1(c3ccc(F)cc3)CC(C#N)C(=O)[C@@H](C)[C@@H]1CC2. The number of hydrogen-bond acceptors (Lipinski definition) is 5. The molecule has 1 saturated carbocycles. The molecular formula is C28H24FN5O. The molecule has 0 spiro atoms. The molecule has 2 aliphatic carbocycles. The topological polar surface area (TPSA) is 95.3 Å². The first-order valence-corrected chi connectivity index (χ1v) is 11.9. The average Bonchev–Trinajstić information content (AvgIpc) is 3.35. The third-order valence-electron chi connectivity index (χ3n) is 8.05. The molecule has 1 unspecified atom stereocenters. The van der Waals surface area contributed by atoms with E-state index in [4.69, 9.17) is 9.97 Å². The molecule has 4 aromatic rings. The highest BCUT2D eigenvalue weighted by atomic mass is 19.1. The first kappa shape index (κ1) is 21.6. The number of nitriles is 1. The molecule has 35 heavy (non-hydrogen) atoms. The van der Waals surface area contributed by atoms with Gasteiger partial charge in [-0.2, -0.15) is 10.4 Å². The number of carbonyl (C=O) groups excluding carboxylic acids is 1. The normalized spacial score (nSPS) is 25.7. The zero-order valence-electron chi connectivity index (χ0n) is 19.5. The molecule has 2 aromatic carbocycles. The number of nitrogens with zero attached hydrogens (tertiary/aromatic N) is 4. The highest BCUT2D eigenvalue weighted by molar-refractivity contribution is 5.93. The van der Waals surface area contributed by atoms with E-state index in [2.05, 4.69) is 16.3 Å². The first-order chi connectivity index (χ1) is 16.9. The fourth-order valence-electron chi connectivity index (χ4n) is 6.50. The van der Waals surface area contributed by atoms with Crippen molar-refractivity contribution in [3.8, 4) is 17.3 Å². The Balaban J connectivity index is 1.67. The monoisotopic (exact) mass is 465 g/mol. The van der Waals surface area contributed by atoms with Gasteiger partial charge in [0.2, 0.25) is 0 Å². The van der Waals surface area contributed by atoms with Gasteiger partial charge in [-0.3, -0.25) is 9.89 Å². The minimum absolute atomic E-state index is 0.00749. The number of H-pyrrole nitrogens is 1. The summed E-state index contributed by atoms with van der Waals surface area (Å²) >= 11 is 0. The third-order valence-corrected chi connectivity index (χ3v) is 8.05. The van der Waals surface area contributed by atoms with Crippen LogP contribution in [0.4, 0.5) is 4.39 Å². The number of aryl methyl sites for hydroxylation is 1. The Bertz CT molecular complexity index is 1520. The largest absolute Gasteiger partial charge is 0.298 e. The van der Waals surface area contributed by atoms with Gasteiger partial charge < -0.3 is 0 Å². The Hall–Kier alpha value is -3.92. The maximum absolute atomic E-state index is 14.0. The van der Waals surface area contributed by atoms with Gasteiger partial charge in [-0.1, -0.05) is 37.3 Å². The molecule has 2 aliphatic rings. The van der Waals surface area contributed by atoms with E-state index >= 15 is 0 Å². The molecule has 0 amide bonds. The van der Waals surface area contributed by atoms with Gasteiger partial charge in [-0.15, -0.1) is 0 Å². The molecule has 1 fully saturated rings. The molecule has 174 valence electrons. The summed E-state index contributed by atoms with van der Waals surface area (Å²) in [6.07, 6.45) is 3.60. The molecule has 0 aliphatic heterocycles. The molecule has 7 heteroatoms. The van der Waals surface area contributed by atoms with E-state index in [0.717, 1.165) is 51.8 Å². The maximum atomic E-state index is 14.0. The van der Waals surface area contributed by atoms with Crippen LogP contribution in [0, 0.1) is 41.8 Å². The van der Waals surface area contributed by atoms with Crippen molar-refractivity contribution in [1.29, 1.82) is 5.26 Å². The van der Waals surface area contributed by atoms with Crippen molar-refractivity contribution in [3.05, 3.63) is 77.1 Å². The highest BCUT2D eigenvalue weighted by Crippen LogP contribution is 2.56. The summed E-state index contributed by atoms with van der Waals surface area (Å²) in [5, 5.41) is 18.3. The zero-order chi connectivity index (χ0) is 24.3. The molecular weight excluding hydrogens is 441 g/mol. The standard InChI is InChI=1S/C28H24FN5O/c1-15-23-11-10-22-25(21-5-3-4-17-14-31-34-24(17)21)32-16(2)33-27(22)28(23,12-18(13-30)26(15)35)19-6-8-20(29)9-7-19/h3-9,14-15,18,23H,10-12H2,1-2H3,(H,31,34)/t15-,18?,23-,28-/m0/s1. The minimum atomic E-state index is -0.744. The molecule has 6 rings (SSSR count). The van der Waals surface area contributed by atoms with Crippen molar-refractivity contribution in [1.82, 2.24) is 20.2 Å². The molecule has 6 nitrogen and oxygen atoms in total. The van der Waals surface area contributed by atoms with Gasteiger partial charge >= 0.3 is 0 Å². The lowest BCUT2D eigenvalue weighted by Gasteiger charge is -2.51. The van der Waals surface area contributed by atoms with E-state index in [1.165, 1.54) is 12.1 Å². The summed E-state index contributed by atoms with van der Waals surface area (Å²) in [6, 6.07) is 14.8. The van der Waals surface area contributed by atoms with Crippen LogP contribution in [0.25, 0.3) is 22.2 Å². The number of rotatable bonds is 2. The fraction of sp³-hybridized carbons (Fsp3) is 0.321. The van der Waals surface area contributed by atoms with Crippen LogP contribution >= 0.6 is 0 Å². The summed E-state index contributed by atoms with van der Waals surface area (Å²) < 4.78 is 14.0. The van der Waals surface area contributed by atoms with E-state index in [-0.39, 0.29) is 23.4 Å². The van der Waals surface area contributed by atoms with Gasteiger partial charge in [0.25, 0.3) is 0 Å². The molecule has 4 atom stereocenters. The summed E-state index contributed by atoms with van der Waals surface area (Å²) in [7, 11) is 0. The van der Waals surface area contributed by atoms with Crippen LogP contribution in [0.2, 0.25) is 0 Å². The quantitative estimate of drug-likeness (QED) is 0.446. The number of para-hydroxylation sites is 1. The van der Waals surface area contributed by atoms with Gasteiger partial charge in [-0.05, 0) is 49.8 Å². The molecule has 2 aromatic heterocycles. The van der Waals surface area contributed by atoms with Crippen LogP contribution in [0.5, 0.6) is 0 Å². The fourth-order valence-corrected chi connectivity index (χ4v) is 6.50. The summed E-state index contributed by atoms with van der Waals surface area (Å²) in [5.74, 6) is -0.793. The van der Waals surface area contributed by atoms with Crippen molar-refractivity contribution >= 4 is 16.7 Å². The second kappa shape index (κ2) is 7.81. The molecule has 0 bridgehead atoms. The summed E-state index contributed by atoms with van der Waals surface area (Å²) in [5.41, 5.74) is 4.81. The van der Waals surface area contributed by atoms with Crippen molar-refractivity contribution in [2.24, 2.45) is 17.8 Å². The molecule has 1 N–H and O–H groups in total. The van der Waals surface area contributed by atoms with Crippen molar-refractivity contribution in [3.63, 3.8) is 0 Å². The predicted octanol–water partition coefficient (Wildman–Crippen LogP) is 5.06. The van der Waals surface area contributed by atoms with Crippen LogP contribution in [0.1, 0.15) is 42.4 Å². The number of halogens is 1. The van der Waals surface area contributed by atoms with Crippen molar-refractivity contribution < 1.29 is 9.18 Å². The first-order valence-electron chi connectivity index (χ1n) is 11.9. The van der Waals surface area contributed by atoms with Crippen LogP contribution in [0.3, 0.4) is 0 Å². The smallest absolute Gasteiger partial charge is 0.153 e. The number of hydrogen-bond donors (Lipinski definition) is 1. The van der Waals surface area contributed by atoms with Crippen LogP contribution < -0.4 is 0 Å². The van der Waals surface area contributed by atoms with Gasteiger partial charge in [0.1, 0.15) is 17.6 Å². The molecule has 0 saturated heterocycles. The lowest BCUT2D eigenvalue weighted by molar-refractivity contribution is -0.131. The van der Waals surface area contributed by atoms with E-state index in [1.54, 1.807) is 18.3 Å². The number of aromatic nitrogens is 4. The Morgan fingerprint density at radius 2 is 1.97 bits per heavy atom. The highest BCUT2D eigenvalue weighted by Gasteiger charge is 2.56. The number of nitrogens with one attached hydrogen (secondary N) is 1. The Morgan fingerprint density at radius 3 is 2.74 bits per heavy atom. The minimum Gasteiger partial charge on any atom is -0.298 e. The summed E-state index contributed by atoms with van der Waals surface area (Å²) in [4.78, 5) is 23.0. The maximum Gasteiger partial charge on any atom is 0.153 e. The van der Waals surface area contributed by atoms with Gasteiger partial charge in [0.15, 0.2) is 5.78 Å². The van der Waals surface area contributed by atoms with E-state index in [1.807, 2.05) is 32.0 Å². The molecule has 0 radical (unpaired) electrons. The van der Waals surface area contributed by atoms with Crippen molar-refractivity contribution in [2.45, 2.75) is 38.5 Å². The van der Waals surface area contributed by atoms with E-state index in [9.17, 15) is 14.4 Å². The number of aromatic amines is 1. The van der Waals surface area contributed by atoms with E-state index < -0.39 is 11.3 Å². The summed E-state index contributed by atoms with van der Waals surface area (Å²) in [6.45, 7) is 3.80. The van der Waals surface area contributed by atoms with Crippen LogP contribution in [-0.4, -0.2) is 25.9 Å². The second-order valence-corrected chi connectivity index (χ2v) is 9.79. The van der Waals surface area contributed by atoms with Gasteiger partial charge in [0, 0.05) is 27.8 Å². The van der Waals surface area contributed by atoms with Crippen LogP contribution in [-0.2, 0) is 16.6 Å². The lowest BCUT2D eigenvalue weighted by atomic mass is 9.50. The number of Topliss-reactive ketones (excluding diaryl/α,β-unsaturated/α-hetero) is 1.